The van der Waals surface area contributed by atoms with Crippen LogP contribution >= 0.6 is 0 Å². The van der Waals surface area contributed by atoms with Crippen molar-refractivity contribution in [3.8, 4) is 5.75 Å². The van der Waals surface area contributed by atoms with Crippen LogP contribution in [0.5, 0.6) is 5.75 Å². The minimum absolute atomic E-state index is 0. The van der Waals surface area contributed by atoms with Crippen molar-refractivity contribution < 1.29 is 56.1 Å². The summed E-state index contributed by atoms with van der Waals surface area (Å²) in [5.41, 5.74) is 4.07. The summed E-state index contributed by atoms with van der Waals surface area (Å²) < 4.78 is 0. The van der Waals surface area contributed by atoms with Crippen LogP contribution in [0.1, 0.15) is 107 Å². The molecular weight excluding hydrogens is 722 g/mol. The van der Waals surface area contributed by atoms with Crippen molar-refractivity contribution in [2.75, 3.05) is 6.54 Å². The Morgan fingerprint density at radius 1 is 0.975 bits per heavy atom. The molecule has 7 heteroatoms. The van der Waals surface area contributed by atoms with Crippen LogP contribution in [0.25, 0.3) is 0 Å². The van der Waals surface area contributed by atoms with E-state index in [4.69, 9.17) is 0 Å². The second-order valence-electron chi connectivity index (χ2n) is 12.5. The van der Waals surface area contributed by atoms with Crippen LogP contribution in [0, 0.1) is 23.2 Å². The van der Waals surface area contributed by atoms with E-state index < -0.39 is 0 Å². The molecule has 40 heavy (non-hydrogen) atoms. The molecule has 4 nitrogen and oxygen atoms in total. The maximum Gasteiger partial charge on any atom is 2.00 e. The number of aromatic nitrogens is 1. The smallest absolute Gasteiger partial charge is 1.00 e. The Balaban J connectivity index is 0.00000187. The van der Waals surface area contributed by atoms with Gasteiger partial charge in [-0.25, -0.2) is 0 Å². The maximum atomic E-state index is 11.4. The Hall–Kier alpha value is -0.642. The molecule has 5 rings (SSSR count). The molecular formula is C33H48Cl2N2O2Pt. The van der Waals surface area contributed by atoms with Gasteiger partial charge in [-0.05, 0) is 116 Å². The molecule has 6 atom stereocenters. The number of aliphatic hydroxyl groups excluding tert-OH is 1. The zero-order valence-corrected chi connectivity index (χ0v) is 27.7. The number of pyridine rings is 1. The van der Waals surface area contributed by atoms with Crippen molar-refractivity contribution in [2.45, 2.75) is 109 Å². The van der Waals surface area contributed by atoms with Crippen LogP contribution < -0.4 is 30.1 Å². The Kier molecular flexibility index (Phi) is 15.0. The Bertz CT molecular complexity index is 1010. The van der Waals surface area contributed by atoms with Crippen LogP contribution in [0.4, 0.5) is 0 Å². The SMILES string of the molecule is C[C@]12CCC3c4ccc(O)cc4CCC3C1C[C@H](CCCCCCCCCNCc1ccccn1)[C@@H]2O.[Cl-].[Cl-].[Pt+2]. The summed E-state index contributed by atoms with van der Waals surface area (Å²) in [4.78, 5) is 4.36. The Labute approximate surface area is 269 Å². The Morgan fingerprint density at radius 3 is 2.48 bits per heavy atom. The van der Waals surface area contributed by atoms with Gasteiger partial charge in [0.15, 0.2) is 0 Å². The molecule has 226 valence electrons. The summed E-state index contributed by atoms with van der Waals surface area (Å²) in [7, 11) is 0. The second-order valence-corrected chi connectivity index (χ2v) is 12.5. The molecule has 1 aromatic heterocycles. The number of aromatic hydroxyl groups is 1. The molecule has 3 aliphatic rings. The third-order valence-corrected chi connectivity index (χ3v) is 10.3. The van der Waals surface area contributed by atoms with Crippen molar-refractivity contribution in [2.24, 2.45) is 23.2 Å². The molecule has 1 heterocycles. The van der Waals surface area contributed by atoms with Crippen molar-refractivity contribution >= 4 is 0 Å². The van der Waals surface area contributed by atoms with E-state index in [0.717, 1.165) is 31.6 Å². The predicted octanol–water partition coefficient (Wildman–Crippen LogP) is 1.15. The number of halogens is 2. The normalized spacial score (nSPS) is 28.2. The van der Waals surface area contributed by atoms with Crippen LogP contribution in [0.15, 0.2) is 42.6 Å². The monoisotopic (exact) mass is 769 g/mol. The predicted molar refractivity (Wildman–Crippen MR) is 150 cm³/mol. The van der Waals surface area contributed by atoms with E-state index in [-0.39, 0.29) is 57.4 Å². The summed E-state index contributed by atoms with van der Waals surface area (Å²) in [6, 6.07) is 12.1. The van der Waals surface area contributed by atoms with Gasteiger partial charge in [0.25, 0.3) is 0 Å². The second kappa shape index (κ2) is 16.9. The summed E-state index contributed by atoms with van der Waals surface area (Å²) in [5, 5.41) is 24.9. The van der Waals surface area contributed by atoms with E-state index in [9.17, 15) is 10.2 Å². The van der Waals surface area contributed by atoms with Crippen LogP contribution in [-0.2, 0) is 34.0 Å². The topological polar surface area (TPSA) is 65.4 Å². The fourth-order valence-corrected chi connectivity index (χ4v) is 8.26. The van der Waals surface area contributed by atoms with Crippen molar-refractivity contribution in [3.63, 3.8) is 0 Å². The molecule has 3 unspecified atom stereocenters. The average molecular weight is 771 g/mol. The van der Waals surface area contributed by atoms with Gasteiger partial charge in [0, 0.05) is 12.7 Å². The molecule has 0 aliphatic heterocycles. The first-order chi connectivity index (χ1) is 18.1. The van der Waals surface area contributed by atoms with Gasteiger partial charge in [-0.3, -0.25) is 4.98 Å². The zero-order valence-electron chi connectivity index (χ0n) is 23.9. The molecule has 2 saturated carbocycles. The fraction of sp³-hybridized carbons (Fsp3) is 0.667. The minimum atomic E-state index is -0.127. The number of fused-ring (bicyclic) bond motifs is 5. The average Bonchev–Trinajstić information content (AvgIpc) is 3.17. The van der Waals surface area contributed by atoms with Crippen molar-refractivity contribution in [1.29, 1.82) is 0 Å². The first-order valence-electron chi connectivity index (χ1n) is 15.2. The number of aliphatic hydroxyl groups is 1. The quantitative estimate of drug-likeness (QED) is 0.284. The Morgan fingerprint density at radius 2 is 1.73 bits per heavy atom. The summed E-state index contributed by atoms with van der Waals surface area (Å²) in [5.74, 6) is 2.87. The number of nitrogens with one attached hydrogen (secondary N) is 1. The summed E-state index contributed by atoms with van der Waals surface area (Å²) in [6.07, 6.45) is 17.9. The van der Waals surface area contributed by atoms with Crippen LogP contribution in [0.2, 0.25) is 0 Å². The van der Waals surface area contributed by atoms with Gasteiger partial charge in [0.05, 0.1) is 11.8 Å². The molecule has 2 aromatic rings. The van der Waals surface area contributed by atoms with E-state index >= 15 is 0 Å². The largest absolute Gasteiger partial charge is 2.00 e. The third-order valence-electron chi connectivity index (χ3n) is 10.3. The molecule has 0 spiro atoms. The molecule has 1 aromatic carbocycles. The van der Waals surface area contributed by atoms with E-state index in [1.54, 1.807) is 0 Å². The van der Waals surface area contributed by atoms with Gasteiger partial charge >= 0.3 is 21.1 Å². The van der Waals surface area contributed by atoms with Crippen molar-refractivity contribution in [1.82, 2.24) is 10.3 Å². The summed E-state index contributed by atoms with van der Waals surface area (Å²) in [6.45, 7) is 4.34. The number of phenolic OH excluding ortho intramolecular Hbond substituents is 1. The molecule has 0 saturated heterocycles. The van der Waals surface area contributed by atoms with Gasteiger partial charge in [-0.1, -0.05) is 57.6 Å². The minimum Gasteiger partial charge on any atom is -1.00 e. The first-order valence-corrected chi connectivity index (χ1v) is 15.2. The molecule has 0 amide bonds. The van der Waals surface area contributed by atoms with Gasteiger partial charge in [-0.2, -0.15) is 0 Å². The number of aryl methyl sites for hydroxylation is 1. The molecule has 3 aliphatic carbocycles. The molecule has 2 fully saturated rings. The van der Waals surface area contributed by atoms with E-state index in [2.05, 4.69) is 29.4 Å². The van der Waals surface area contributed by atoms with Gasteiger partial charge in [-0.15, -0.1) is 0 Å². The number of hydrogen-bond donors (Lipinski definition) is 3. The third kappa shape index (κ3) is 8.25. The number of nitrogens with zero attached hydrogens (tertiary/aromatic N) is 1. The molecule has 0 bridgehead atoms. The van der Waals surface area contributed by atoms with E-state index in [1.807, 2.05) is 30.5 Å². The zero-order chi connectivity index (χ0) is 25.7. The van der Waals surface area contributed by atoms with E-state index in [0.29, 0.717) is 29.4 Å². The first kappa shape index (κ1) is 35.6. The summed E-state index contributed by atoms with van der Waals surface area (Å²) >= 11 is 0. The molecule has 0 radical (unpaired) electrons. The van der Waals surface area contributed by atoms with Crippen LogP contribution in [0.3, 0.4) is 0 Å². The number of hydrogen-bond acceptors (Lipinski definition) is 4. The van der Waals surface area contributed by atoms with Crippen LogP contribution in [-0.4, -0.2) is 27.8 Å². The number of benzene rings is 1. The van der Waals surface area contributed by atoms with Gasteiger partial charge < -0.3 is 40.3 Å². The van der Waals surface area contributed by atoms with E-state index in [1.165, 1.54) is 81.8 Å². The number of rotatable bonds is 12. The number of phenols is 1. The fourth-order valence-electron chi connectivity index (χ4n) is 8.26. The van der Waals surface area contributed by atoms with Gasteiger partial charge in [0.1, 0.15) is 5.75 Å². The van der Waals surface area contributed by atoms with Crippen molar-refractivity contribution in [3.05, 3.63) is 59.4 Å². The molecule has 3 N–H and O–H groups in total. The number of unbranched alkanes of at least 4 members (excludes halogenated alkanes) is 6. The van der Waals surface area contributed by atoms with Gasteiger partial charge in [0.2, 0.25) is 0 Å². The maximum absolute atomic E-state index is 11.4. The standard InChI is InChI=1S/C33H48N2O2.2ClH.Pt/c1-33-18-17-29-28-16-14-27(36)21-24(28)13-15-30(29)31(33)22-25(32(33)37)11-7-5-3-2-4-6-9-19-34-23-26-12-8-10-20-35-26;;;/h8,10,12,14,16,20-21,25,29-32,34,36-37H,2-7,9,11,13,15,17-19,22-23H2,1H3;2*1H;/q;;;+2/p-2/t25-,29?,30?,31?,32-,33-;;;/m0.../s1.